The first-order valence-corrected chi connectivity index (χ1v) is 6.83. The van der Waals surface area contributed by atoms with E-state index in [9.17, 15) is 9.59 Å². The predicted octanol–water partition coefficient (Wildman–Crippen LogP) is 1.54. The molecule has 2 amide bonds. The monoisotopic (exact) mass is 276 g/mol. The summed E-state index contributed by atoms with van der Waals surface area (Å²) in [5.74, 6) is -1.27. The van der Waals surface area contributed by atoms with Gasteiger partial charge < -0.3 is 15.4 Å². The number of ether oxygens (including phenoxy) is 1. The fourth-order valence-corrected chi connectivity index (χ4v) is 2.33. The molecule has 1 aliphatic rings. The molecular formula is C15H20N2O3. The van der Waals surface area contributed by atoms with Crippen molar-refractivity contribution >= 4 is 17.5 Å². The molecule has 1 aliphatic heterocycles. The number of nitrogens with one attached hydrogen (secondary N) is 2. The fourth-order valence-electron chi connectivity index (χ4n) is 2.33. The van der Waals surface area contributed by atoms with E-state index < -0.39 is 11.8 Å². The van der Waals surface area contributed by atoms with Crippen LogP contribution in [0.5, 0.6) is 0 Å². The molecular weight excluding hydrogens is 256 g/mol. The Labute approximate surface area is 118 Å². The van der Waals surface area contributed by atoms with Gasteiger partial charge in [0.05, 0.1) is 6.10 Å². The van der Waals surface area contributed by atoms with Crippen molar-refractivity contribution in [3.05, 3.63) is 29.3 Å². The lowest BCUT2D eigenvalue weighted by Gasteiger charge is -2.11. The Morgan fingerprint density at radius 2 is 1.90 bits per heavy atom. The lowest BCUT2D eigenvalue weighted by Crippen LogP contribution is -2.39. The van der Waals surface area contributed by atoms with Crippen LogP contribution < -0.4 is 10.6 Å². The quantitative estimate of drug-likeness (QED) is 0.823. The molecule has 0 aromatic heterocycles. The highest BCUT2D eigenvalue weighted by Crippen LogP contribution is 2.13. The number of aryl methyl sites for hydroxylation is 2. The molecule has 2 N–H and O–H groups in total. The number of amides is 2. The smallest absolute Gasteiger partial charge is 0.313 e. The van der Waals surface area contributed by atoms with Crippen LogP contribution in [-0.4, -0.2) is 31.1 Å². The molecule has 5 nitrogen and oxygen atoms in total. The third kappa shape index (κ3) is 4.06. The molecule has 1 aromatic carbocycles. The van der Waals surface area contributed by atoms with Gasteiger partial charge in [0, 0.05) is 18.8 Å². The second-order valence-electron chi connectivity index (χ2n) is 5.18. The van der Waals surface area contributed by atoms with E-state index in [2.05, 4.69) is 10.6 Å². The average molecular weight is 276 g/mol. The van der Waals surface area contributed by atoms with Crippen LogP contribution in [0.3, 0.4) is 0 Å². The van der Waals surface area contributed by atoms with E-state index in [4.69, 9.17) is 4.74 Å². The number of rotatable bonds is 3. The second kappa shape index (κ2) is 6.52. The van der Waals surface area contributed by atoms with Crippen molar-refractivity contribution in [3.8, 4) is 0 Å². The summed E-state index contributed by atoms with van der Waals surface area (Å²) >= 11 is 0. The Bertz CT molecular complexity index is 488. The number of carbonyl (C=O) groups excluding carboxylic acids is 2. The van der Waals surface area contributed by atoms with Gasteiger partial charge in [-0.1, -0.05) is 6.07 Å². The zero-order valence-corrected chi connectivity index (χ0v) is 11.9. The summed E-state index contributed by atoms with van der Waals surface area (Å²) < 4.78 is 5.39. The van der Waals surface area contributed by atoms with Gasteiger partial charge in [-0.2, -0.15) is 0 Å². The average Bonchev–Trinajstić information content (AvgIpc) is 2.87. The van der Waals surface area contributed by atoms with Crippen LogP contribution in [0.25, 0.3) is 0 Å². The maximum absolute atomic E-state index is 11.8. The highest BCUT2D eigenvalue weighted by atomic mass is 16.5. The summed E-state index contributed by atoms with van der Waals surface area (Å²) in [4.78, 5) is 23.5. The molecule has 2 rings (SSSR count). The Hall–Kier alpha value is -1.88. The van der Waals surface area contributed by atoms with Gasteiger partial charge in [-0.15, -0.1) is 0 Å². The normalized spacial score (nSPS) is 17.8. The molecule has 20 heavy (non-hydrogen) atoms. The molecule has 1 saturated heterocycles. The third-order valence-corrected chi connectivity index (χ3v) is 3.20. The van der Waals surface area contributed by atoms with Crippen molar-refractivity contribution in [2.45, 2.75) is 32.8 Å². The molecule has 5 heteroatoms. The lowest BCUT2D eigenvalue weighted by atomic mass is 10.1. The predicted molar refractivity (Wildman–Crippen MR) is 76.5 cm³/mol. The summed E-state index contributed by atoms with van der Waals surface area (Å²) in [5.41, 5.74) is 2.72. The minimum Gasteiger partial charge on any atom is -0.376 e. The Morgan fingerprint density at radius 1 is 1.20 bits per heavy atom. The Balaban J connectivity index is 1.85. The topological polar surface area (TPSA) is 67.4 Å². The number of anilines is 1. The molecule has 1 fully saturated rings. The minimum absolute atomic E-state index is 0.0352. The van der Waals surface area contributed by atoms with Gasteiger partial charge in [-0.25, -0.2) is 0 Å². The molecule has 1 aromatic rings. The lowest BCUT2D eigenvalue weighted by molar-refractivity contribution is -0.136. The summed E-state index contributed by atoms with van der Waals surface area (Å²) in [6.45, 7) is 5.01. The first-order chi connectivity index (χ1) is 9.54. The van der Waals surface area contributed by atoms with Gasteiger partial charge in [0.1, 0.15) is 0 Å². The summed E-state index contributed by atoms with van der Waals surface area (Å²) in [6, 6.07) is 5.67. The molecule has 0 saturated carbocycles. The van der Waals surface area contributed by atoms with E-state index in [-0.39, 0.29) is 6.10 Å². The van der Waals surface area contributed by atoms with Crippen LogP contribution >= 0.6 is 0 Å². The van der Waals surface area contributed by atoms with Gasteiger partial charge in [-0.3, -0.25) is 9.59 Å². The molecule has 0 spiro atoms. The molecule has 0 bridgehead atoms. The molecule has 108 valence electrons. The van der Waals surface area contributed by atoms with Gasteiger partial charge in [0.25, 0.3) is 0 Å². The number of hydrogen-bond acceptors (Lipinski definition) is 3. The number of carbonyl (C=O) groups is 2. The van der Waals surface area contributed by atoms with Crippen molar-refractivity contribution in [3.63, 3.8) is 0 Å². The van der Waals surface area contributed by atoms with E-state index in [1.165, 1.54) is 0 Å². The van der Waals surface area contributed by atoms with E-state index in [1.807, 2.05) is 32.0 Å². The molecule has 1 heterocycles. The van der Waals surface area contributed by atoms with Crippen LogP contribution in [0.1, 0.15) is 24.0 Å². The van der Waals surface area contributed by atoms with E-state index in [0.717, 1.165) is 30.6 Å². The van der Waals surface area contributed by atoms with E-state index >= 15 is 0 Å². The molecule has 1 atom stereocenters. The first kappa shape index (κ1) is 14.5. The van der Waals surface area contributed by atoms with Crippen molar-refractivity contribution < 1.29 is 14.3 Å². The van der Waals surface area contributed by atoms with E-state index in [0.29, 0.717) is 12.2 Å². The first-order valence-electron chi connectivity index (χ1n) is 6.83. The van der Waals surface area contributed by atoms with Crippen molar-refractivity contribution in [2.75, 3.05) is 18.5 Å². The van der Waals surface area contributed by atoms with Crippen molar-refractivity contribution in [1.82, 2.24) is 5.32 Å². The van der Waals surface area contributed by atoms with E-state index in [1.54, 1.807) is 0 Å². The Kier molecular flexibility index (Phi) is 4.74. The molecule has 0 radical (unpaired) electrons. The highest BCUT2D eigenvalue weighted by molar-refractivity contribution is 6.39. The maximum atomic E-state index is 11.8. The number of benzene rings is 1. The third-order valence-electron chi connectivity index (χ3n) is 3.20. The highest BCUT2D eigenvalue weighted by Gasteiger charge is 2.19. The molecule has 0 unspecified atom stereocenters. The van der Waals surface area contributed by atoms with Crippen LogP contribution in [0.4, 0.5) is 5.69 Å². The van der Waals surface area contributed by atoms with Gasteiger partial charge in [0.15, 0.2) is 0 Å². The Morgan fingerprint density at radius 3 is 2.50 bits per heavy atom. The second-order valence-corrected chi connectivity index (χ2v) is 5.18. The maximum Gasteiger partial charge on any atom is 0.313 e. The fraction of sp³-hybridized carbons (Fsp3) is 0.467. The standard InChI is InChI=1S/C15H20N2O3/c1-10-6-11(2)8-12(7-10)17-15(19)14(18)16-9-13-4-3-5-20-13/h6-8,13H,3-5,9H2,1-2H3,(H,16,18)(H,17,19)/t13-/m1/s1. The van der Waals surface area contributed by atoms with Crippen molar-refractivity contribution in [1.29, 1.82) is 0 Å². The van der Waals surface area contributed by atoms with Crippen LogP contribution in [-0.2, 0) is 14.3 Å². The minimum atomic E-state index is -0.645. The largest absolute Gasteiger partial charge is 0.376 e. The molecule has 0 aliphatic carbocycles. The van der Waals surface area contributed by atoms with Gasteiger partial charge >= 0.3 is 11.8 Å². The van der Waals surface area contributed by atoms with Crippen LogP contribution in [0, 0.1) is 13.8 Å². The summed E-state index contributed by atoms with van der Waals surface area (Å²) in [5, 5.41) is 5.20. The van der Waals surface area contributed by atoms with Gasteiger partial charge in [0.2, 0.25) is 0 Å². The zero-order chi connectivity index (χ0) is 14.5. The summed E-state index contributed by atoms with van der Waals surface area (Å²) in [6.07, 6.45) is 1.97. The zero-order valence-electron chi connectivity index (χ0n) is 11.9. The van der Waals surface area contributed by atoms with Crippen molar-refractivity contribution in [2.24, 2.45) is 0 Å². The SMILES string of the molecule is Cc1cc(C)cc(NC(=O)C(=O)NC[C@H]2CCCO2)c1. The van der Waals surface area contributed by atoms with Gasteiger partial charge in [-0.05, 0) is 49.9 Å². The van der Waals surface area contributed by atoms with Crippen LogP contribution in [0.2, 0.25) is 0 Å². The number of hydrogen-bond donors (Lipinski definition) is 2. The summed E-state index contributed by atoms with van der Waals surface area (Å²) in [7, 11) is 0. The van der Waals surface area contributed by atoms with Crippen LogP contribution in [0.15, 0.2) is 18.2 Å².